The van der Waals surface area contributed by atoms with Gasteiger partial charge in [-0.15, -0.1) is 0 Å². The van der Waals surface area contributed by atoms with E-state index < -0.39 is 11.4 Å². The number of rotatable bonds is 10. The molecule has 2 N–H and O–H groups in total. The average Bonchev–Trinajstić information content (AvgIpc) is 3.44. The molecule has 178 valence electrons. The fourth-order valence-corrected chi connectivity index (χ4v) is 4.38. The molecule has 2 amide bonds. The highest BCUT2D eigenvalue weighted by atomic mass is 19.1. The van der Waals surface area contributed by atoms with Crippen molar-refractivity contribution in [2.24, 2.45) is 0 Å². The van der Waals surface area contributed by atoms with Crippen molar-refractivity contribution in [2.75, 3.05) is 7.11 Å². The predicted octanol–water partition coefficient (Wildman–Crippen LogP) is 3.37. The minimum absolute atomic E-state index is 0.0275. The van der Waals surface area contributed by atoms with Crippen LogP contribution in [-0.4, -0.2) is 34.2 Å². The predicted molar refractivity (Wildman–Crippen MR) is 126 cm³/mol. The lowest BCUT2D eigenvalue weighted by Crippen LogP contribution is -2.44. The lowest BCUT2D eigenvalue weighted by atomic mass is 9.85. The Kier molecular flexibility index (Phi) is 7.25. The maximum Gasteiger partial charge on any atom is 0.220 e. The quantitative estimate of drug-likeness (QED) is 0.482. The second kappa shape index (κ2) is 10.5. The van der Waals surface area contributed by atoms with Crippen LogP contribution in [-0.2, 0) is 29.1 Å². The van der Waals surface area contributed by atoms with Crippen molar-refractivity contribution < 1.29 is 18.7 Å². The first kappa shape index (κ1) is 23.5. The van der Waals surface area contributed by atoms with Crippen LogP contribution in [0, 0.1) is 5.82 Å². The van der Waals surface area contributed by atoms with E-state index in [1.807, 2.05) is 41.2 Å². The van der Waals surface area contributed by atoms with E-state index in [0.717, 1.165) is 16.7 Å². The summed E-state index contributed by atoms with van der Waals surface area (Å²) in [7, 11) is 1.42. The topological polar surface area (TPSA) is 85.2 Å². The number of hydrogen-bond donors (Lipinski definition) is 2. The molecule has 0 unspecified atom stereocenters. The van der Waals surface area contributed by atoms with Crippen LogP contribution in [0.1, 0.15) is 42.4 Å². The lowest BCUT2D eigenvalue weighted by Gasteiger charge is -2.29. The zero-order valence-corrected chi connectivity index (χ0v) is 19.2. The molecule has 1 aliphatic rings. The highest BCUT2D eigenvalue weighted by Gasteiger charge is 2.38. The van der Waals surface area contributed by atoms with Gasteiger partial charge in [-0.05, 0) is 42.5 Å². The number of halogens is 1. The molecule has 0 saturated carbocycles. The molecule has 1 atom stereocenters. The molecule has 3 aromatic rings. The number of ether oxygens (including phenoxy) is 1. The summed E-state index contributed by atoms with van der Waals surface area (Å²) in [6.45, 7) is 1.06. The van der Waals surface area contributed by atoms with E-state index in [4.69, 9.17) is 4.74 Å². The number of carbonyl (C=O) groups excluding carboxylic acids is 2. The van der Waals surface area contributed by atoms with E-state index in [-0.39, 0.29) is 24.0 Å². The molecule has 2 heterocycles. The molecule has 0 aliphatic carbocycles. The van der Waals surface area contributed by atoms with Crippen molar-refractivity contribution in [1.82, 2.24) is 20.4 Å². The molecule has 1 aromatic heterocycles. The third kappa shape index (κ3) is 6.01. The first-order valence-electron chi connectivity index (χ1n) is 11.4. The first-order chi connectivity index (χ1) is 16.4. The molecular formula is C26H29FN4O3. The van der Waals surface area contributed by atoms with Gasteiger partial charge in [-0.25, -0.2) is 4.39 Å². The molecule has 7 nitrogen and oxygen atoms in total. The van der Waals surface area contributed by atoms with Crippen LogP contribution in [0.2, 0.25) is 0 Å². The molecule has 0 radical (unpaired) electrons. The maximum absolute atomic E-state index is 13.8. The Hall–Kier alpha value is -3.68. The van der Waals surface area contributed by atoms with Gasteiger partial charge in [0.25, 0.3) is 0 Å². The SMILES string of the molecule is COc1cc(C[C@@]2(CCC(=O)NCc3cnn(Cc4ccccc4)c3)CCC(=O)N2)ccc1F. The number of nitrogens with zero attached hydrogens (tertiary/aromatic N) is 2. The number of amides is 2. The van der Waals surface area contributed by atoms with Gasteiger partial charge in [0.05, 0.1) is 19.9 Å². The van der Waals surface area contributed by atoms with Gasteiger partial charge in [-0.2, -0.15) is 5.10 Å². The number of hydrogen-bond acceptors (Lipinski definition) is 4. The molecule has 8 heteroatoms. The van der Waals surface area contributed by atoms with Crippen molar-refractivity contribution in [3.8, 4) is 5.75 Å². The van der Waals surface area contributed by atoms with Crippen LogP contribution in [0.4, 0.5) is 4.39 Å². The number of nitrogens with one attached hydrogen (secondary N) is 2. The standard InChI is InChI=1S/C26H29FN4O3/c1-34-23-13-20(7-8-22(23)27)14-26(12-10-25(33)30-26)11-9-24(32)28-15-21-16-29-31(18-21)17-19-5-3-2-4-6-19/h2-8,13,16,18H,9-12,14-15,17H2,1H3,(H,28,32)(H,30,33)/t26-/m1/s1. The van der Waals surface area contributed by atoms with Gasteiger partial charge in [0.15, 0.2) is 11.6 Å². The van der Waals surface area contributed by atoms with Crippen molar-refractivity contribution in [3.63, 3.8) is 0 Å². The van der Waals surface area contributed by atoms with Crippen LogP contribution < -0.4 is 15.4 Å². The minimum atomic E-state index is -0.530. The Morgan fingerprint density at radius 2 is 2.03 bits per heavy atom. The van der Waals surface area contributed by atoms with E-state index in [0.29, 0.717) is 38.8 Å². The van der Waals surface area contributed by atoms with Gasteiger partial charge in [0.1, 0.15) is 0 Å². The van der Waals surface area contributed by atoms with Gasteiger partial charge in [-0.1, -0.05) is 36.4 Å². The summed E-state index contributed by atoms with van der Waals surface area (Å²) in [5, 5.41) is 10.4. The van der Waals surface area contributed by atoms with Crippen LogP contribution >= 0.6 is 0 Å². The summed E-state index contributed by atoms with van der Waals surface area (Å²) in [6, 6.07) is 14.8. The number of carbonyl (C=O) groups is 2. The fraction of sp³-hybridized carbons (Fsp3) is 0.346. The summed E-state index contributed by atoms with van der Waals surface area (Å²) in [4.78, 5) is 24.6. The summed E-state index contributed by atoms with van der Waals surface area (Å²) in [5.74, 6) is -0.377. The summed E-state index contributed by atoms with van der Waals surface area (Å²) >= 11 is 0. The van der Waals surface area contributed by atoms with Gasteiger partial charge < -0.3 is 15.4 Å². The van der Waals surface area contributed by atoms with Crippen molar-refractivity contribution >= 4 is 11.8 Å². The van der Waals surface area contributed by atoms with E-state index in [1.54, 1.807) is 18.3 Å². The molecule has 1 saturated heterocycles. The van der Waals surface area contributed by atoms with Gasteiger partial charge >= 0.3 is 0 Å². The molecule has 1 aliphatic heterocycles. The minimum Gasteiger partial charge on any atom is -0.494 e. The Labute approximate surface area is 198 Å². The molecule has 34 heavy (non-hydrogen) atoms. The monoisotopic (exact) mass is 464 g/mol. The lowest BCUT2D eigenvalue weighted by molar-refractivity contribution is -0.122. The van der Waals surface area contributed by atoms with Crippen LogP contribution in [0.25, 0.3) is 0 Å². The Morgan fingerprint density at radius 1 is 1.21 bits per heavy atom. The van der Waals surface area contributed by atoms with Crippen LogP contribution in [0.5, 0.6) is 5.75 Å². The van der Waals surface area contributed by atoms with E-state index in [2.05, 4.69) is 15.7 Å². The van der Waals surface area contributed by atoms with E-state index in [9.17, 15) is 14.0 Å². The Morgan fingerprint density at radius 3 is 2.76 bits per heavy atom. The van der Waals surface area contributed by atoms with Crippen molar-refractivity contribution in [3.05, 3.63) is 83.4 Å². The fourth-order valence-electron chi connectivity index (χ4n) is 4.38. The van der Waals surface area contributed by atoms with Crippen molar-refractivity contribution in [2.45, 2.75) is 50.7 Å². The second-order valence-corrected chi connectivity index (χ2v) is 8.78. The highest BCUT2D eigenvalue weighted by Crippen LogP contribution is 2.31. The number of aromatic nitrogens is 2. The molecule has 0 bridgehead atoms. The molecular weight excluding hydrogens is 435 g/mol. The van der Waals surface area contributed by atoms with Gasteiger partial charge in [0, 0.05) is 36.7 Å². The average molecular weight is 465 g/mol. The van der Waals surface area contributed by atoms with Crippen LogP contribution in [0.15, 0.2) is 60.9 Å². The van der Waals surface area contributed by atoms with E-state index in [1.165, 1.54) is 13.2 Å². The third-order valence-corrected chi connectivity index (χ3v) is 6.19. The number of benzene rings is 2. The molecule has 4 rings (SSSR count). The Bertz CT molecular complexity index is 1150. The summed E-state index contributed by atoms with van der Waals surface area (Å²) in [5.41, 5.74) is 2.40. The van der Waals surface area contributed by atoms with Crippen molar-refractivity contribution in [1.29, 1.82) is 0 Å². The second-order valence-electron chi connectivity index (χ2n) is 8.78. The molecule has 0 spiro atoms. The van der Waals surface area contributed by atoms with Gasteiger partial charge in [-0.3, -0.25) is 14.3 Å². The van der Waals surface area contributed by atoms with Crippen LogP contribution in [0.3, 0.4) is 0 Å². The molecule has 2 aromatic carbocycles. The normalized spacial score (nSPS) is 17.4. The highest BCUT2D eigenvalue weighted by molar-refractivity contribution is 5.80. The number of methoxy groups -OCH3 is 1. The zero-order valence-electron chi connectivity index (χ0n) is 19.2. The molecule has 1 fully saturated rings. The smallest absolute Gasteiger partial charge is 0.220 e. The zero-order chi connectivity index (χ0) is 24.0. The maximum atomic E-state index is 13.8. The Balaban J connectivity index is 1.31. The third-order valence-electron chi connectivity index (χ3n) is 6.19. The summed E-state index contributed by atoms with van der Waals surface area (Å²) < 4.78 is 20.7. The van der Waals surface area contributed by atoms with Gasteiger partial charge in [0.2, 0.25) is 11.8 Å². The first-order valence-corrected chi connectivity index (χ1v) is 11.4. The largest absolute Gasteiger partial charge is 0.494 e. The summed E-state index contributed by atoms with van der Waals surface area (Å²) in [6.07, 6.45) is 6.01. The van der Waals surface area contributed by atoms with E-state index >= 15 is 0 Å².